The Hall–Kier alpha value is -1.66. The summed E-state index contributed by atoms with van der Waals surface area (Å²) < 4.78 is 10.4. The number of carbonyl (C=O) groups is 1. The Bertz CT molecular complexity index is 438. The van der Waals surface area contributed by atoms with E-state index in [0.29, 0.717) is 37.7 Å². The first-order valence-corrected chi connectivity index (χ1v) is 6.35. The van der Waals surface area contributed by atoms with Gasteiger partial charge in [0.2, 0.25) is 0 Å². The zero-order valence-corrected chi connectivity index (χ0v) is 10.9. The third-order valence-electron chi connectivity index (χ3n) is 2.99. The van der Waals surface area contributed by atoms with Gasteiger partial charge in [-0.05, 0) is 19.1 Å². The number of anilines is 1. The number of carbonyl (C=O) groups excluding carboxylic acids is 1. The predicted octanol–water partition coefficient (Wildman–Crippen LogP) is 0.456. The molecule has 6 nitrogen and oxygen atoms in total. The molecule has 1 N–H and O–H groups in total. The number of morpholine rings is 1. The van der Waals surface area contributed by atoms with Crippen molar-refractivity contribution in [3.8, 4) is 0 Å². The minimum atomic E-state index is -0.395. The lowest BCUT2D eigenvalue weighted by Crippen LogP contribution is -2.48. The van der Waals surface area contributed by atoms with Gasteiger partial charge in [0.1, 0.15) is 11.4 Å². The summed E-state index contributed by atoms with van der Waals surface area (Å²) in [5, 5.41) is 9.39. The predicted molar refractivity (Wildman–Crippen MR) is 69.2 cm³/mol. The van der Waals surface area contributed by atoms with Crippen molar-refractivity contribution < 1.29 is 19.4 Å². The molecule has 6 heteroatoms. The molecule has 1 saturated heterocycles. The second-order valence-corrected chi connectivity index (χ2v) is 4.20. The zero-order valence-electron chi connectivity index (χ0n) is 10.9. The molecule has 0 radical (unpaired) electrons. The first kappa shape index (κ1) is 13.8. The fourth-order valence-electron chi connectivity index (χ4n) is 2.08. The molecule has 2 rings (SSSR count). The van der Waals surface area contributed by atoms with Crippen LogP contribution in [0.3, 0.4) is 0 Å². The van der Waals surface area contributed by atoms with Gasteiger partial charge in [-0.1, -0.05) is 0 Å². The van der Waals surface area contributed by atoms with E-state index in [1.165, 1.54) is 0 Å². The van der Waals surface area contributed by atoms with Crippen LogP contribution in [-0.2, 0) is 9.47 Å². The Kier molecular flexibility index (Phi) is 4.70. The van der Waals surface area contributed by atoms with Crippen LogP contribution >= 0.6 is 0 Å². The van der Waals surface area contributed by atoms with E-state index in [0.717, 1.165) is 0 Å². The van der Waals surface area contributed by atoms with Gasteiger partial charge >= 0.3 is 5.97 Å². The van der Waals surface area contributed by atoms with Crippen LogP contribution < -0.4 is 4.90 Å². The van der Waals surface area contributed by atoms with Crippen LogP contribution in [0.4, 0.5) is 5.82 Å². The highest BCUT2D eigenvalue weighted by Crippen LogP contribution is 2.22. The van der Waals surface area contributed by atoms with E-state index < -0.39 is 5.97 Å². The van der Waals surface area contributed by atoms with Gasteiger partial charge in [-0.25, -0.2) is 9.78 Å². The standard InChI is InChI=1S/C13H18N2O4/c1-2-19-13(17)11-4-3-5-14-12(11)15-6-7-18-9-10(15)8-16/h3-5,10,16H,2,6-9H2,1H3. The van der Waals surface area contributed by atoms with Crippen LogP contribution in [0.5, 0.6) is 0 Å². The topological polar surface area (TPSA) is 71.9 Å². The molecule has 1 atom stereocenters. The van der Waals surface area contributed by atoms with Gasteiger partial charge < -0.3 is 19.5 Å². The number of hydrogen-bond donors (Lipinski definition) is 1. The lowest BCUT2D eigenvalue weighted by Gasteiger charge is -2.36. The number of ether oxygens (including phenoxy) is 2. The molecule has 0 spiro atoms. The van der Waals surface area contributed by atoms with Crippen LogP contribution in [0.1, 0.15) is 17.3 Å². The molecule has 2 heterocycles. The van der Waals surface area contributed by atoms with Gasteiger partial charge in [0.15, 0.2) is 0 Å². The lowest BCUT2D eigenvalue weighted by molar-refractivity contribution is 0.0521. The van der Waals surface area contributed by atoms with Crippen molar-refractivity contribution in [2.75, 3.05) is 37.9 Å². The molecule has 1 aliphatic heterocycles. The van der Waals surface area contributed by atoms with E-state index in [9.17, 15) is 9.90 Å². The fourth-order valence-corrected chi connectivity index (χ4v) is 2.08. The first-order valence-electron chi connectivity index (χ1n) is 6.35. The van der Waals surface area contributed by atoms with Gasteiger partial charge in [-0.15, -0.1) is 0 Å². The largest absolute Gasteiger partial charge is 0.462 e. The summed E-state index contributed by atoms with van der Waals surface area (Å²) in [5.74, 6) is 0.150. The van der Waals surface area contributed by atoms with Gasteiger partial charge in [-0.2, -0.15) is 0 Å². The third-order valence-corrected chi connectivity index (χ3v) is 2.99. The molecular weight excluding hydrogens is 248 g/mol. The second kappa shape index (κ2) is 6.49. The van der Waals surface area contributed by atoms with Crippen molar-refractivity contribution >= 4 is 11.8 Å². The summed E-state index contributed by atoms with van der Waals surface area (Å²) in [6.07, 6.45) is 1.63. The Labute approximate surface area is 112 Å². The minimum Gasteiger partial charge on any atom is -0.462 e. The quantitative estimate of drug-likeness (QED) is 0.798. The van der Waals surface area contributed by atoms with Crippen molar-refractivity contribution in [1.82, 2.24) is 4.98 Å². The summed E-state index contributed by atoms with van der Waals surface area (Å²) >= 11 is 0. The van der Waals surface area contributed by atoms with Crippen molar-refractivity contribution in [1.29, 1.82) is 0 Å². The summed E-state index contributed by atoms with van der Waals surface area (Å²) in [4.78, 5) is 18.1. The van der Waals surface area contributed by atoms with E-state index >= 15 is 0 Å². The number of aromatic nitrogens is 1. The smallest absolute Gasteiger partial charge is 0.341 e. The van der Waals surface area contributed by atoms with E-state index in [1.54, 1.807) is 25.3 Å². The molecule has 1 aromatic heterocycles. The molecule has 1 aliphatic rings. The highest BCUT2D eigenvalue weighted by atomic mass is 16.5. The number of aliphatic hydroxyl groups excluding tert-OH is 1. The average molecular weight is 266 g/mol. The fraction of sp³-hybridized carbons (Fsp3) is 0.538. The van der Waals surface area contributed by atoms with Crippen LogP contribution in [0, 0.1) is 0 Å². The summed E-state index contributed by atoms with van der Waals surface area (Å²) in [5.41, 5.74) is 0.421. The number of aliphatic hydroxyl groups is 1. The first-order chi connectivity index (χ1) is 9.27. The average Bonchev–Trinajstić information content (AvgIpc) is 2.47. The maximum Gasteiger partial charge on any atom is 0.341 e. The Morgan fingerprint density at radius 3 is 3.26 bits per heavy atom. The SMILES string of the molecule is CCOC(=O)c1cccnc1N1CCOCC1CO. The maximum atomic E-state index is 11.9. The van der Waals surface area contributed by atoms with Crippen LogP contribution in [0.2, 0.25) is 0 Å². The maximum absolute atomic E-state index is 11.9. The number of nitrogens with zero attached hydrogens (tertiary/aromatic N) is 2. The summed E-state index contributed by atoms with van der Waals surface area (Å²) in [7, 11) is 0. The Morgan fingerprint density at radius 1 is 1.68 bits per heavy atom. The number of rotatable bonds is 4. The molecule has 0 amide bonds. The normalized spacial score (nSPS) is 19.3. The minimum absolute atomic E-state index is 0.0428. The number of hydrogen-bond acceptors (Lipinski definition) is 6. The van der Waals surface area contributed by atoms with E-state index in [-0.39, 0.29) is 12.6 Å². The van der Waals surface area contributed by atoms with Crippen LogP contribution in [0.25, 0.3) is 0 Å². The molecule has 104 valence electrons. The molecule has 0 aliphatic carbocycles. The molecular formula is C13H18N2O4. The monoisotopic (exact) mass is 266 g/mol. The summed E-state index contributed by atoms with van der Waals surface area (Å²) in [6, 6.07) is 3.20. The van der Waals surface area contributed by atoms with Gasteiger partial charge in [0.25, 0.3) is 0 Å². The van der Waals surface area contributed by atoms with E-state index in [2.05, 4.69) is 4.98 Å². The third kappa shape index (κ3) is 3.02. The lowest BCUT2D eigenvalue weighted by atomic mass is 10.2. The zero-order chi connectivity index (χ0) is 13.7. The Morgan fingerprint density at radius 2 is 2.53 bits per heavy atom. The highest BCUT2D eigenvalue weighted by molar-refractivity contribution is 5.94. The van der Waals surface area contributed by atoms with Crippen LogP contribution in [0.15, 0.2) is 18.3 Å². The second-order valence-electron chi connectivity index (χ2n) is 4.20. The molecule has 0 bridgehead atoms. The van der Waals surface area contributed by atoms with Crippen LogP contribution in [-0.4, -0.2) is 55.1 Å². The Balaban J connectivity index is 2.30. The molecule has 1 fully saturated rings. The number of esters is 1. The van der Waals surface area contributed by atoms with Crippen molar-refractivity contribution in [2.45, 2.75) is 13.0 Å². The number of pyridine rings is 1. The van der Waals surface area contributed by atoms with Crippen molar-refractivity contribution in [3.63, 3.8) is 0 Å². The van der Waals surface area contributed by atoms with Gasteiger partial charge in [0, 0.05) is 12.7 Å². The van der Waals surface area contributed by atoms with Crippen molar-refractivity contribution in [3.05, 3.63) is 23.9 Å². The summed E-state index contributed by atoms with van der Waals surface area (Å²) in [6.45, 7) is 3.61. The van der Waals surface area contributed by atoms with E-state index in [4.69, 9.17) is 9.47 Å². The van der Waals surface area contributed by atoms with Gasteiger partial charge in [0.05, 0.1) is 32.5 Å². The van der Waals surface area contributed by atoms with Crippen molar-refractivity contribution in [2.24, 2.45) is 0 Å². The molecule has 1 aromatic rings. The molecule has 0 saturated carbocycles. The molecule has 1 unspecified atom stereocenters. The highest BCUT2D eigenvalue weighted by Gasteiger charge is 2.27. The molecule has 0 aromatic carbocycles. The molecule has 19 heavy (non-hydrogen) atoms. The van der Waals surface area contributed by atoms with E-state index in [1.807, 2.05) is 4.90 Å². The van der Waals surface area contributed by atoms with Gasteiger partial charge in [-0.3, -0.25) is 0 Å².